The van der Waals surface area contributed by atoms with Gasteiger partial charge in [-0.2, -0.15) is 0 Å². The highest BCUT2D eigenvalue weighted by Crippen LogP contribution is 2.44. The van der Waals surface area contributed by atoms with Crippen LogP contribution in [0.1, 0.15) is 74.2 Å². The van der Waals surface area contributed by atoms with Crippen molar-refractivity contribution in [1.29, 1.82) is 0 Å². The molecule has 6 nitrogen and oxygen atoms in total. The Kier molecular flexibility index (Phi) is 11.5. The van der Waals surface area contributed by atoms with Gasteiger partial charge in [-0.1, -0.05) is 50.9 Å². The number of benzene rings is 3. The van der Waals surface area contributed by atoms with Crippen LogP contribution in [0, 0.1) is 5.82 Å². The minimum Gasteiger partial charge on any atom is -0.494 e. The number of ether oxygens (including phenoxy) is 3. The molecule has 2 atom stereocenters. The number of anilines is 1. The Labute approximate surface area is 254 Å². The summed E-state index contributed by atoms with van der Waals surface area (Å²) in [7, 11) is 1.96. The standard InChI is InChI=1S/C23H26FNO4.C11H16ClN/c1-2-3-10-27-18-6-4-16(5-7-18)21-11-17(14-25(21)8-9-26)19-12-22-23(13-20(19)24)29-15-28-22;1-4-8-6-10(12)7-9(5-2)11(8)13-3/h4-7,9,12-13,17,21H,2-3,8,10-11,14-15H2,1H3;6-7,13H,4-5H2,1-3H3/t17-,21-;/m1./s1. The number of aryl methyl sites for hydroxylation is 2. The summed E-state index contributed by atoms with van der Waals surface area (Å²) in [6, 6.07) is 15.3. The third kappa shape index (κ3) is 7.56. The Morgan fingerprint density at radius 2 is 1.71 bits per heavy atom. The van der Waals surface area contributed by atoms with Crippen molar-refractivity contribution in [1.82, 2.24) is 4.90 Å². The molecule has 3 aromatic rings. The number of hydrogen-bond acceptors (Lipinski definition) is 6. The normalized spacial score (nSPS) is 17.5. The molecule has 226 valence electrons. The second-order valence-corrected chi connectivity index (χ2v) is 11.1. The van der Waals surface area contributed by atoms with Crippen LogP contribution in [0.5, 0.6) is 17.2 Å². The van der Waals surface area contributed by atoms with E-state index >= 15 is 0 Å². The topological polar surface area (TPSA) is 60.0 Å². The van der Waals surface area contributed by atoms with Crippen LogP contribution >= 0.6 is 11.6 Å². The molecule has 1 N–H and O–H groups in total. The monoisotopic (exact) mass is 596 g/mol. The first-order chi connectivity index (χ1) is 20.4. The number of carbonyl (C=O) groups is 1. The van der Waals surface area contributed by atoms with Crippen LogP contribution < -0.4 is 19.5 Å². The first-order valence-corrected chi connectivity index (χ1v) is 15.3. The van der Waals surface area contributed by atoms with Gasteiger partial charge in [0.05, 0.1) is 13.2 Å². The minimum absolute atomic E-state index is 0.0186. The number of likely N-dealkylation sites (tertiary alicyclic amines) is 1. The Hall–Kier alpha value is -3.29. The summed E-state index contributed by atoms with van der Waals surface area (Å²) in [6.45, 7) is 8.19. The summed E-state index contributed by atoms with van der Waals surface area (Å²) in [5.74, 6) is 1.57. The smallest absolute Gasteiger partial charge is 0.231 e. The minimum atomic E-state index is -0.286. The first kappa shape index (κ1) is 31.6. The predicted molar refractivity (Wildman–Crippen MR) is 167 cm³/mol. The number of rotatable bonds is 11. The molecule has 0 saturated carbocycles. The van der Waals surface area contributed by atoms with E-state index in [2.05, 4.69) is 31.0 Å². The van der Waals surface area contributed by atoms with Gasteiger partial charge in [-0.3, -0.25) is 4.90 Å². The number of aldehydes is 1. The molecule has 1 saturated heterocycles. The van der Waals surface area contributed by atoms with E-state index < -0.39 is 0 Å². The summed E-state index contributed by atoms with van der Waals surface area (Å²) in [4.78, 5) is 13.3. The van der Waals surface area contributed by atoms with E-state index in [4.69, 9.17) is 25.8 Å². The lowest BCUT2D eigenvalue weighted by molar-refractivity contribution is -0.109. The van der Waals surface area contributed by atoms with E-state index in [1.54, 1.807) is 6.07 Å². The quantitative estimate of drug-likeness (QED) is 0.179. The average molecular weight is 597 g/mol. The highest BCUT2D eigenvalue weighted by molar-refractivity contribution is 6.30. The van der Waals surface area contributed by atoms with Crippen LogP contribution in [0.3, 0.4) is 0 Å². The Morgan fingerprint density at radius 1 is 1.05 bits per heavy atom. The second-order valence-electron chi connectivity index (χ2n) is 10.6. The Bertz CT molecular complexity index is 1310. The van der Waals surface area contributed by atoms with Gasteiger partial charge < -0.3 is 24.3 Å². The van der Waals surface area contributed by atoms with Gasteiger partial charge in [0.25, 0.3) is 0 Å². The van der Waals surface area contributed by atoms with E-state index in [1.165, 1.54) is 22.9 Å². The molecule has 8 heteroatoms. The number of unbranched alkanes of at least 4 members (excludes halogenated alkanes) is 1. The largest absolute Gasteiger partial charge is 0.494 e. The van der Waals surface area contributed by atoms with Crippen LogP contribution in [0.2, 0.25) is 5.02 Å². The fourth-order valence-corrected chi connectivity index (χ4v) is 6.01. The lowest BCUT2D eigenvalue weighted by Gasteiger charge is -2.22. The number of halogens is 2. The molecule has 3 aromatic carbocycles. The van der Waals surface area contributed by atoms with Crippen molar-refractivity contribution in [2.75, 3.05) is 38.9 Å². The summed E-state index contributed by atoms with van der Waals surface area (Å²) >= 11 is 6.01. The SMILES string of the molecule is CCCCOc1ccc([C@H]2C[C@@H](c3cc4c(cc3F)OCO4)CN2CC=O)cc1.CCc1cc(Cl)cc(CC)c1NC. The molecular weight excluding hydrogens is 555 g/mol. The zero-order valence-corrected chi connectivity index (χ0v) is 25.8. The molecule has 42 heavy (non-hydrogen) atoms. The molecule has 0 amide bonds. The van der Waals surface area contributed by atoms with E-state index in [0.29, 0.717) is 36.8 Å². The molecule has 0 aliphatic carbocycles. The molecule has 0 radical (unpaired) electrons. The Balaban J connectivity index is 0.000000262. The molecule has 2 heterocycles. The first-order valence-electron chi connectivity index (χ1n) is 14.9. The Morgan fingerprint density at radius 3 is 2.31 bits per heavy atom. The maximum Gasteiger partial charge on any atom is 0.231 e. The third-order valence-corrected chi connectivity index (χ3v) is 8.17. The molecule has 5 rings (SSSR count). The highest BCUT2D eigenvalue weighted by Gasteiger charge is 2.35. The zero-order chi connectivity index (χ0) is 30.1. The molecule has 2 aliphatic heterocycles. The van der Waals surface area contributed by atoms with Crippen LogP contribution in [0.15, 0.2) is 48.5 Å². The third-order valence-electron chi connectivity index (χ3n) is 7.95. The van der Waals surface area contributed by atoms with Gasteiger partial charge in [0, 0.05) is 42.3 Å². The fraction of sp³-hybridized carbons (Fsp3) is 0.441. The number of nitrogens with one attached hydrogen (secondary N) is 1. The lowest BCUT2D eigenvalue weighted by Crippen LogP contribution is -2.25. The van der Waals surface area contributed by atoms with Crippen molar-refractivity contribution < 1.29 is 23.4 Å². The lowest BCUT2D eigenvalue weighted by atomic mass is 9.93. The van der Waals surface area contributed by atoms with Gasteiger partial charge in [-0.25, -0.2) is 4.39 Å². The van der Waals surface area contributed by atoms with Crippen molar-refractivity contribution in [3.8, 4) is 17.2 Å². The predicted octanol–water partition coefficient (Wildman–Crippen LogP) is 7.97. The van der Waals surface area contributed by atoms with Crippen molar-refractivity contribution in [3.05, 3.63) is 81.6 Å². The molecule has 1 fully saturated rings. The summed E-state index contributed by atoms with van der Waals surface area (Å²) < 4.78 is 31.1. The van der Waals surface area contributed by atoms with Gasteiger partial charge >= 0.3 is 0 Å². The maximum atomic E-state index is 14.7. The van der Waals surface area contributed by atoms with Crippen molar-refractivity contribution in [3.63, 3.8) is 0 Å². The molecule has 0 unspecified atom stereocenters. The van der Waals surface area contributed by atoms with Crippen LogP contribution in [-0.4, -0.2) is 44.7 Å². The van der Waals surface area contributed by atoms with E-state index in [1.807, 2.05) is 43.4 Å². The van der Waals surface area contributed by atoms with Crippen molar-refractivity contribution in [2.24, 2.45) is 0 Å². The molecule has 0 spiro atoms. The van der Waals surface area contributed by atoms with Crippen LogP contribution in [-0.2, 0) is 17.6 Å². The zero-order valence-electron chi connectivity index (χ0n) is 25.1. The number of hydrogen-bond donors (Lipinski definition) is 1. The number of carbonyl (C=O) groups excluding carboxylic acids is 1. The van der Waals surface area contributed by atoms with Crippen LogP contribution in [0.25, 0.3) is 0 Å². The number of fused-ring (bicyclic) bond motifs is 1. The number of nitrogens with zero attached hydrogens (tertiary/aromatic N) is 1. The maximum absolute atomic E-state index is 14.7. The van der Waals surface area contributed by atoms with Crippen LogP contribution in [0.4, 0.5) is 10.1 Å². The summed E-state index contributed by atoms with van der Waals surface area (Å²) in [5.41, 5.74) is 5.57. The second kappa shape index (κ2) is 15.3. The van der Waals surface area contributed by atoms with Gasteiger partial charge in [0.2, 0.25) is 6.79 Å². The van der Waals surface area contributed by atoms with Crippen molar-refractivity contribution in [2.45, 2.75) is 64.8 Å². The van der Waals surface area contributed by atoms with Gasteiger partial charge in [-0.05, 0) is 78.3 Å². The van der Waals surface area contributed by atoms with Gasteiger partial charge in [0.15, 0.2) is 11.5 Å². The van der Waals surface area contributed by atoms with E-state index in [0.717, 1.165) is 54.7 Å². The van der Waals surface area contributed by atoms with Gasteiger partial charge in [-0.15, -0.1) is 0 Å². The highest BCUT2D eigenvalue weighted by atomic mass is 35.5. The molecule has 2 aliphatic rings. The average Bonchev–Trinajstić information content (AvgIpc) is 3.64. The van der Waals surface area contributed by atoms with E-state index in [9.17, 15) is 9.18 Å². The molecule has 0 aromatic heterocycles. The summed E-state index contributed by atoms with van der Waals surface area (Å²) in [5, 5.41) is 4.08. The fourth-order valence-electron chi connectivity index (χ4n) is 5.74. The summed E-state index contributed by atoms with van der Waals surface area (Å²) in [6.07, 6.45) is 5.81. The molecule has 0 bridgehead atoms. The molecular formula is C34H42ClFN2O4. The van der Waals surface area contributed by atoms with Gasteiger partial charge in [0.1, 0.15) is 17.9 Å². The van der Waals surface area contributed by atoms with E-state index in [-0.39, 0.29) is 24.6 Å². The van der Waals surface area contributed by atoms with Crippen molar-refractivity contribution >= 4 is 23.6 Å².